The van der Waals surface area contributed by atoms with Crippen LogP contribution < -0.4 is 5.32 Å². The molecule has 4 nitrogen and oxygen atoms in total. The molecular weight excluding hydrogens is 192 g/mol. The van der Waals surface area contributed by atoms with Gasteiger partial charge in [0.2, 0.25) is 5.89 Å². The predicted octanol–water partition coefficient (Wildman–Crippen LogP) is 1.69. The molecule has 0 aliphatic heterocycles. The SMILES string of the molecule is CNCc1ccc2nc(COC)oc2c1. The van der Waals surface area contributed by atoms with Crippen molar-refractivity contribution < 1.29 is 9.15 Å². The van der Waals surface area contributed by atoms with Crippen molar-refractivity contribution in [1.29, 1.82) is 0 Å². The molecule has 2 rings (SSSR count). The first kappa shape index (κ1) is 10.1. The fraction of sp³-hybridized carbons (Fsp3) is 0.364. The third-order valence-electron chi connectivity index (χ3n) is 2.15. The maximum atomic E-state index is 5.53. The Balaban J connectivity index is 2.34. The molecule has 1 heterocycles. The van der Waals surface area contributed by atoms with Crippen LogP contribution in [0.15, 0.2) is 22.6 Å². The summed E-state index contributed by atoms with van der Waals surface area (Å²) in [4.78, 5) is 4.29. The number of hydrogen-bond acceptors (Lipinski definition) is 4. The normalized spacial score (nSPS) is 11.1. The molecule has 0 atom stereocenters. The Kier molecular flexibility index (Phi) is 2.99. The van der Waals surface area contributed by atoms with E-state index in [4.69, 9.17) is 9.15 Å². The predicted molar refractivity (Wildman–Crippen MR) is 57.5 cm³/mol. The molecule has 2 aromatic rings. The third kappa shape index (κ3) is 2.16. The number of ether oxygens (including phenoxy) is 1. The Labute approximate surface area is 88.3 Å². The summed E-state index contributed by atoms with van der Waals surface area (Å²) in [7, 11) is 3.54. The molecule has 0 aliphatic carbocycles. The minimum Gasteiger partial charge on any atom is -0.438 e. The molecule has 1 aromatic carbocycles. The van der Waals surface area contributed by atoms with Gasteiger partial charge in [0.15, 0.2) is 5.58 Å². The topological polar surface area (TPSA) is 47.3 Å². The smallest absolute Gasteiger partial charge is 0.221 e. The molecule has 0 unspecified atom stereocenters. The van der Waals surface area contributed by atoms with Gasteiger partial charge in [0.25, 0.3) is 0 Å². The van der Waals surface area contributed by atoms with E-state index in [9.17, 15) is 0 Å². The fourth-order valence-electron chi connectivity index (χ4n) is 1.52. The zero-order valence-electron chi connectivity index (χ0n) is 8.91. The van der Waals surface area contributed by atoms with Crippen molar-refractivity contribution in [3.05, 3.63) is 29.7 Å². The first-order chi connectivity index (χ1) is 7.33. The van der Waals surface area contributed by atoms with Crippen molar-refractivity contribution in [3.63, 3.8) is 0 Å². The Morgan fingerprint density at radius 1 is 1.47 bits per heavy atom. The second-order valence-electron chi connectivity index (χ2n) is 3.37. The van der Waals surface area contributed by atoms with Gasteiger partial charge in [0.05, 0.1) is 0 Å². The van der Waals surface area contributed by atoms with E-state index in [1.165, 1.54) is 5.56 Å². The average Bonchev–Trinajstić information content (AvgIpc) is 2.60. The van der Waals surface area contributed by atoms with E-state index >= 15 is 0 Å². The highest BCUT2D eigenvalue weighted by molar-refractivity contribution is 5.73. The molecule has 1 N–H and O–H groups in total. The molecule has 0 aliphatic rings. The van der Waals surface area contributed by atoms with Crippen molar-refractivity contribution >= 4 is 11.1 Å². The Morgan fingerprint density at radius 2 is 2.33 bits per heavy atom. The lowest BCUT2D eigenvalue weighted by Crippen LogP contribution is -2.04. The van der Waals surface area contributed by atoms with Crippen LogP contribution in [0, 0.1) is 0 Å². The molecule has 0 bridgehead atoms. The van der Waals surface area contributed by atoms with E-state index in [0.717, 1.165) is 17.6 Å². The van der Waals surface area contributed by atoms with E-state index in [1.54, 1.807) is 7.11 Å². The summed E-state index contributed by atoms with van der Waals surface area (Å²) < 4.78 is 10.5. The van der Waals surface area contributed by atoms with Gasteiger partial charge in [-0.15, -0.1) is 0 Å². The maximum absolute atomic E-state index is 5.53. The van der Waals surface area contributed by atoms with Gasteiger partial charge in [-0.25, -0.2) is 4.98 Å². The second-order valence-corrected chi connectivity index (χ2v) is 3.37. The van der Waals surface area contributed by atoms with Gasteiger partial charge in [-0.1, -0.05) is 6.07 Å². The lowest BCUT2D eigenvalue weighted by atomic mass is 10.2. The summed E-state index contributed by atoms with van der Waals surface area (Å²) in [6, 6.07) is 6.00. The summed E-state index contributed by atoms with van der Waals surface area (Å²) in [5, 5.41) is 3.09. The van der Waals surface area contributed by atoms with Crippen LogP contribution in [0.5, 0.6) is 0 Å². The van der Waals surface area contributed by atoms with Gasteiger partial charge >= 0.3 is 0 Å². The van der Waals surface area contributed by atoms with Gasteiger partial charge in [0, 0.05) is 13.7 Å². The summed E-state index contributed by atoms with van der Waals surface area (Å²) in [6.45, 7) is 1.24. The van der Waals surface area contributed by atoms with Crippen LogP contribution >= 0.6 is 0 Å². The molecule has 0 saturated heterocycles. The summed E-state index contributed by atoms with van der Waals surface area (Å²) in [6.07, 6.45) is 0. The standard InChI is InChI=1S/C11H14N2O2/c1-12-6-8-3-4-9-10(5-8)15-11(13-9)7-14-2/h3-5,12H,6-7H2,1-2H3. The van der Waals surface area contributed by atoms with Crippen molar-refractivity contribution in [2.24, 2.45) is 0 Å². The Morgan fingerprint density at radius 3 is 3.07 bits per heavy atom. The number of nitrogens with one attached hydrogen (secondary N) is 1. The fourth-order valence-corrected chi connectivity index (χ4v) is 1.52. The molecule has 0 spiro atoms. The largest absolute Gasteiger partial charge is 0.438 e. The van der Waals surface area contributed by atoms with Crippen molar-refractivity contribution in [3.8, 4) is 0 Å². The van der Waals surface area contributed by atoms with Gasteiger partial charge in [-0.3, -0.25) is 0 Å². The summed E-state index contributed by atoms with van der Waals surface area (Å²) >= 11 is 0. The zero-order chi connectivity index (χ0) is 10.7. The monoisotopic (exact) mass is 206 g/mol. The van der Waals surface area contributed by atoms with Gasteiger partial charge in [-0.05, 0) is 24.7 Å². The van der Waals surface area contributed by atoms with Crippen LogP contribution in [0.25, 0.3) is 11.1 Å². The first-order valence-electron chi connectivity index (χ1n) is 4.85. The summed E-state index contributed by atoms with van der Waals surface area (Å²) in [5.74, 6) is 0.620. The highest BCUT2D eigenvalue weighted by Gasteiger charge is 2.05. The number of benzene rings is 1. The van der Waals surface area contributed by atoms with Crippen molar-refractivity contribution in [2.75, 3.05) is 14.2 Å². The van der Waals surface area contributed by atoms with Crippen LogP contribution in [0.1, 0.15) is 11.5 Å². The second kappa shape index (κ2) is 4.42. The lowest BCUT2D eigenvalue weighted by molar-refractivity contribution is 0.161. The highest BCUT2D eigenvalue weighted by atomic mass is 16.5. The Bertz CT molecular complexity index is 447. The number of nitrogens with zero attached hydrogens (tertiary/aromatic N) is 1. The van der Waals surface area contributed by atoms with Crippen LogP contribution in [0.3, 0.4) is 0 Å². The minimum absolute atomic E-state index is 0.413. The van der Waals surface area contributed by atoms with Gasteiger partial charge in [0.1, 0.15) is 12.1 Å². The number of aromatic nitrogens is 1. The van der Waals surface area contributed by atoms with Crippen molar-refractivity contribution in [1.82, 2.24) is 10.3 Å². The van der Waals surface area contributed by atoms with Crippen LogP contribution in [0.2, 0.25) is 0 Å². The number of rotatable bonds is 4. The highest BCUT2D eigenvalue weighted by Crippen LogP contribution is 2.17. The maximum Gasteiger partial charge on any atom is 0.221 e. The molecule has 0 saturated carbocycles. The van der Waals surface area contributed by atoms with Crippen molar-refractivity contribution in [2.45, 2.75) is 13.2 Å². The minimum atomic E-state index is 0.413. The molecule has 0 amide bonds. The molecule has 4 heteroatoms. The summed E-state index contributed by atoms with van der Waals surface area (Å²) in [5.41, 5.74) is 2.88. The van der Waals surface area contributed by atoms with Gasteiger partial charge in [-0.2, -0.15) is 0 Å². The lowest BCUT2D eigenvalue weighted by Gasteiger charge is -1.97. The number of fused-ring (bicyclic) bond motifs is 1. The quantitative estimate of drug-likeness (QED) is 0.827. The molecule has 1 aromatic heterocycles. The molecule has 0 fully saturated rings. The molecule has 15 heavy (non-hydrogen) atoms. The van der Waals surface area contributed by atoms with E-state index in [2.05, 4.69) is 10.3 Å². The zero-order valence-corrected chi connectivity index (χ0v) is 8.91. The number of methoxy groups -OCH3 is 1. The third-order valence-corrected chi connectivity index (χ3v) is 2.15. The average molecular weight is 206 g/mol. The van der Waals surface area contributed by atoms with E-state index in [0.29, 0.717) is 12.5 Å². The van der Waals surface area contributed by atoms with E-state index in [1.807, 2.05) is 25.2 Å². The van der Waals surface area contributed by atoms with Gasteiger partial charge < -0.3 is 14.5 Å². The number of oxazole rings is 1. The van der Waals surface area contributed by atoms with Crippen LogP contribution in [0.4, 0.5) is 0 Å². The first-order valence-corrected chi connectivity index (χ1v) is 4.85. The molecule has 0 radical (unpaired) electrons. The number of hydrogen-bond donors (Lipinski definition) is 1. The molecule has 80 valence electrons. The van der Waals surface area contributed by atoms with E-state index < -0.39 is 0 Å². The van der Waals surface area contributed by atoms with E-state index in [-0.39, 0.29) is 0 Å². The Hall–Kier alpha value is -1.39. The molecular formula is C11H14N2O2. The van der Waals surface area contributed by atoms with Crippen LogP contribution in [-0.4, -0.2) is 19.1 Å². The van der Waals surface area contributed by atoms with Crippen LogP contribution in [-0.2, 0) is 17.9 Å².